The average Bonchev–Trinajstić information content (AvgIpc) is 1.82. The molecule has 0 heterocycles. The molecule has 0 bridgehead atoms. The van der Waals surface area contributed by atoms with Gasteiger partial charge in [-0.1, -0.05) is 6.58 Å². The third kappa shape index (κ3) is 3.18. The van der Waals surface area contributed by atoms with E-state index in [1.807, 2.05) is 0 Å². The lowest BCUT2D eigenvalue weighted by Gasteiger charge is -1.89. The molecule has 0 spiro atoms. The first kappa shape index (κ1) is 7.57. The van der Waals surface area contributed by atoms with E-state index in [0.717, 1.165) is 0 Å². The van der Waals surface area contributed by atoms with Crippen LogP contribution >= 0.6 is 0 Å². The molecule has 0 aliphatic heterocycles. The van der Waals surface area contributed by atoms with Crippen LogP contribution in [0.3, 0.4) is 0 Å². The molecule has 0 aromatic carbocycles. The summed E-state index contributed by atoms with van der Waals surface area (Å²) in [4.78, 5) is 10.4. The Morgan fingerprint density at radius 3 is 2.67 bits per heavy atom. The molecule has 0 aromatic rings. The molecule has 0 radical (unpaired) electrons. The quantitative estimate of drug-likeness (QED) is 0.314. The predicted octanol–water partition coefficient (Wildman–Crippen LogP) is 0.397. The van der Waals surface area contributed by atoms with Crippen molar-refractivity contribution in [1.29, 1.82) is 0 Å². The van der Waals surface area contributed by atoms with Gasteiger partial charge in [-0.2, -0.15) is 0 Å². The van der Waals surface area contributed by atoms with Crippen LogP contribution in [0.2, 0.25) is 0 Å². The normalized spacial score (nSPS) is 6.78. The van der Waals surface area contributed by atoms with Gasteiger partial charge in [0.15, 0.2) is 12.2 Å². The molecule has 0 atom stereocenters. The molecule has 0 unspecified atom stereocenters. The molecule has 0 aliphatic carbocycles. The van der Waals surface area contributed by atoms with E-state index in [-0.39, 0.29) is 5.57 Å². The van der Waals surface area contributed by atoms with Crippen LogP contribution in [0.4, 0.5) is 0 Å². The first-order chi connectivity index (χ1) is 4.18. The van der Waals surface area contributed by atoms with Gasteiger partial charge in [0.05, 0.1) is 0 Å². The number of carbonyl (C=O) groups is 1. The van der Waals surface area contributed by atoms with Crippen LogP contribution in [0.25, 0.3) is 0 Å². The van der Waals surface area contributed by atoms with Gasteiger partial charge in [0, 0.05) is 5.57 Å². The molecular formula is C6H6O3. The minimum Gasteiger partial charge on any atom is -0.460 e. The molecule has 0 aliphatic rings. The molecule has 3 nitrogen and oxygen atoms in total. The number of esters is 1. The summed E-state index contributed by atoms with van der Waals surface area (Å²) >= 11 is 0. The second kappa shape index (κ2) is 3.56. The highest BCUT2D eigenvalue weighted by Gasteiger charge is 1.98. The summed E-state index contributed by atoms with van der Waals surface area (Å²) in [6.45, 7) is 4.77. The maximum atomic E-state index is 10.4. The van der Waals surface area contributed by atoms with Crippen molar-refractivity contribution in [2.45, 2.75) is 6.92 Å². The first-order valence-electron chi connectivity index (χ1n) is 2.19. The average molecular weight is 126 g/mol. The fraction of sp³-hybridized carbons (Fsp3) is 0.167. The van der Waals surface area contributed by atoms with Crippen LogP contribution in [0.5, 0.6) is 0 Å². The van der Waals surface area contributed by atoms with Crippen LogP contribution in [-0.4, -0.2) is 11.1 Å². The standard InChI is InChI=1S/C6H6O3/c1-5(2)6(8)9-4-3-7/h7H,1H2,2H3. The zero-order valence-electron chi connectivity index (χ0n) is 4.97. The molecule has 9 heavy (non-hydrogen) atoms. The molecular weight excluding hydrogens is 120 g/mol. The third-order valence-corrected chi connectivity index (χ3v) is 0.538. The maximum Gasteiger partial charge on any atom is 0.347 e. The summed E-state index contributed by atoms with van der Waals surface area (Å²) in [6.07, 6.45) is 3.14. The summed E-state index contributed by atoms with van der Waals surface area (Å²) in [5, 5.41) is 7.83. The van der Waals surface area contributed by atoms with Crippen LogP contribution < -0.4 is 0 Å². The lowest BCUT2D eigenvalue weighted by atomic mass is 10.4. The monoisotopic (exact) mass is 126 g/mol. The Morgan fingerprint density at radius 2 is 2.33 bits per heavy atom. The molecule has 0 rings (SSSR count). The topological polar surface area (TPSA) is 46.5 Å². The Balaban J connectivity index is 3.74. The number of hydrogen-bond donors (Lipinski definition) is 1. The van der Waals surface area contributed by atoms with E-state index in [9.17, 15) is 4.79 Å². The summed E-state index contributed by atoms with van der Waals surface area (Å²) in [5.41, 5.74) is 0.248. The Morgan fingerprint density at radius 1 is 1.78 bits per heavy atom. The number of aliphatic hydroxyl groups is 1. The number of aliphatic hydroxyl groups excluding tert-OH is 1. The maximum absolute atomic E-state index is 10.4. The highest BCUT2D eigenvalue weighted by Crippen LogP contribution is 1.88. The highest BCUT2D eigenvalue weighted by atomic mass is 16.5. The van der Waals surface area contributed by atoms with Crippen molar-refractivity contribution >= 4 is 5.97 Å². The van der Waals surface area contributed by atoms with Gasteiger partial charge in [-0.3, -0.25) is 0 Å². The lowest BCUT2D eigenvalue weighted by Crippen LogP contribution is -1.99. The van der Waals surface area contributed by atoms with Crippen molar-refractivity contribution < 1.29 is 14.6 Å². The molecule has 0 fully saturated rings. The SMILES string of the molecule is C=C(C)C(=O)OC#CO. The smallest absolute Gasteiger partial charge is 0.347 e. The van der Waals surface area contributed by atoms with E-state index in [2.05, 4.69) is 11.3 Å². The van der Waals surface area contributed by atoms with E-state index < -0.39 is 5.97 Å². The molecule has 1 N–H and O–H groups in total. The van der Waals surface area contributed by atoms with Gasteiger partial charge in [-0.25, -0.2) is 4.79 Å². The third-order valence-electron chi connectivity index (χ3n) is 0.538. The van der Waals surface area contributed by atoms with Crippen LogP contribution in [0.15, 0.2) is 12.2 Å². The van der Waals surface area contributed by atoms with Gasteiger partial charge in [0.2, 0.25) is 0 Å². The lowest BCUT2D eigenvalue weighted by molar-refractivity contribution is -0.132. The Kier molecular flexibility index (Phi) is 2.99. The van der Waals surface area contributed by atoms with Gasteiger partial charge < -0.3 is 9.84 Å². The number of carbonyl (C=O) groups excluding carboxylic acids is 1. The van der Waals surface area contributed by atoms with Crippen molar-refractivity contribution in [2.24, 2.45) is 0 Å². The number of ether oxygens (including phenoxy) is 1. The fourth-order valence-electron chi connectivity index (χ4n) is 0.156. The van der Waals surface area contributed by atoms with Crippen LogP contribution in [0.1, 0.15) is 6.92 Å². The first-order valence-corrected chi connectivity index (χ1v) is 2.19. The summed E-state index contributed by atoms with van der Waals surface area (Å²) in [5.74, 6) is -0.628. The molecule has 0 aromatic heterocycles. The van der Waals surface area contributed by atoms with Crippen molar-refractivity contribution in [2.75, 3.05) is 0 Å². The molecule has 0 saturated heterocycles. The Labute approximate surface area is 52.9 Å². The predicted molar refractivity (Wildman–Crippen MR) is 30.6 cm³/mol. The van der Waals surface area contributed by atoms with Crippen LogP contribution in [-0.2, 0) is 9.53 Å². The van der Waals surface area contributed by atoms with Gasteiger partial charge in [-0.05, 0) is 6.92 Å². The second-order valence-electron chi connectivity index (χ2n) is 1.38. The van der Waals surface area contributed by atoms with Crippen molar-refractivity contribution in [3.05, 3.63) is 12.2 Å². The molecule has 0 saturated carbocycles. The van der Waals surface area contributed by atoms with Crippen molar-refractivity contribution in [3.8, 4) is 12.2 Å². The number of rotatable bonds is 1. The summed E-state index contributed by atoms with van der Waals surface area (Å²) < 4.78 is 4.10. The summed E-state index contributed by atoms with van der Waals surface area (Å²) in [6, 6.07) is 0. The Hall–Kier alpha value is -1.43. The zero-order chi connectivity index (χ0) is 7.28. The van der Waals surface area contributed by atoms with Gasteiger partial charge >= 0.3 is 5.97 Å². The van der Waals surface area contributed by atoms with Gasteiger partial charge in [0.1, 0.15) is 0 Å². The minimum absolute atomic E-state index is 0.248. The molecule has 48 valence electrons. The van der Waals surface area contributed by atoms with Gasteiger partial charge in [0.25, 0.3) is 0 Å². The van der Waals surface area contributed by atoms with E-state index in [1.165, 1.54) is 13.0 Å². The van der Waals surface area contributed by atoms with E-state index in [1.54, 1.807) is 6.11 Å². The summed E-state index contributed by atoms with van der Waals surface area (Å²) in [7, 11) is 0. The van der Waals surface area contributed by atoms with E-state index in [4.69, 9.17) is 5.11 Å². The second-order valence-corrected chi connectivity index (χ2v) is 1.38. The number of hydrogen-bond acceptors (Lipinski definition) is 3. The highest BCUT2D eigenvalue weighted by molar-refractivity contribution is 5.87. The fourth-order valence-corrected chi connectivity index (χ4v) is 0.156. The largest absolute Gasteiger partial charge is 0.460 e. The van der Waals surface area contributed by atoms with Crippen LogP contribution in [0, 0.1) is 12.2 Å². The zero-order valence-corrected chi connectivity index (χ0v) is 4.97. The van der Waals surface area contributed by atoms with Crippen molar-refractivity contribution in [3.63, 3.8) is 0 Å². The minimum atomic E-state index is -0.628. The van der Waals surface area contributed by atoms with E-state index >= 15 is 0 Å². The van der Waals surface area contributed by atoms with Crippen molar-refractivity contribution in [1.82, 2.24) is 0 Å². The Bertz CT molecular complexity index is 182. The van der Waals surface area contributed by atoms with Gasteiger partial charge in [-0.15, -0.1) is 0 Å². The molecule has 0 amide bonds. The molecule has 3 heteroatoms. The van der Waals surface area contributed by atoms with E-state index in [0.29, 0.717) is 0 Å².